The third kappa shape index (κ3) is 5.99. The van der Waals surface area contributed by atoms with Crippen LogP contribution in [0.5, 0.6) is 0 Å². The normalized spacial score (nSPS) is 11.7. The van der Waals surface area contributed by atoms with E-state index in [0.717, 1.165) is 29.2 Å². The zero-order chi connectivity index (χ0) is 22.2. The number of nitrogens with zero attached hydrogens (tertiary/aromatic N) is 3. The van der Waals surface area contributed by atoms with Gasteiger partial charge in [0.05, 0.1) is 16.3 Å². The topological polar surface area (TPSA) is 93.9 Å². The fourth-order valence-corrected chi connectivity index (χ4v) is 4.52. The van der Waals surface area contributed by atoms with Crippen LogP contribution in [0.2, 0.25) is 0 Å². The molecule has 2 heterocycles. The molecule has 0 aliphatic carbocycles. The van der Waals surface area contributed by atoms with Crippen LogP contribution >= 0.6 is 11.3 Å². The van der Waals surface area contributed by atoms with Crippen molar-refractivity contribution in [3.8, 4) is 0 Å². The van der Waals surface area contributed by atoms with E-state index in [4.69, 9.17) is 12.6 Å². The maximum atomic E-state index is 8.44. The lowest BCUT2D eigenvalue weighted by Gasteiger charge is -2.26. The zero-order valence-corrected chi connectivity index (χ0v) is 18.9. The summed E-state index contributed by atoms with van der Waals surface area (Å²) in [6.45, 7) is 4.52. The van der Waals surface area contributed by atoms with Crippen molar-refractivity contribution in [3.63, 3.8) is 0 Å². The number of nitrogens with one attached hydrogen (secondary N) is 1. The largest absolute Gasteiger partial charge is 0.425 e. The summed E-state index contributed by atoms with van der Waals surface area (Å²) in [7, 11) is -3.11. The lowest BCUT2D eigenvalue weighted by molar-refractivity contribution is 0.333. The Hall–Kier alpha value is -3.04. The minimum atomic E-state index is -3.11. The van der Waals surface area contributed by atoms with Gasteiger partial charge in [0.25, 0.3) is 0 Å². The average molecular weight is 457 g/mol. The van der Waals surface area contributed by atoms with Gasteiger partial charge in [0.2, 0.25) is 0 Å². The minimum Gasteiger partial charge on any atom is -0.332 e. The second-order valence-corrected chi connectivity index (χ2v) is 8.38. The molecule has 31 heavy (non-hydrogen) atoms. The van der Waals surface area contributed by atoms with E-state index >= 15 is 0 Å². The Labute approximate surface area is 186 Å². The number of para-hydroxylation sites is 1. The Balaban J connectivity index is 0.000000628. The molecule has 7 nitrogen and oxygen atoms in total. The van der Waals surface area contributed by atoms with Crippen molar-refractivity contribution in [1.29, 1.82) is 0 Å². The highest BCUT2D eigenvalue weighted by Gasteiger charge is 2.22. The van der Waals surface area contributed by atoms with Gasteiger partial charge in [0.1, 0.15) is 0 Å². The highest BCUT2D eigenvalue weighted by atomic mass is 32.2. The molecule has 0 spiro atoms. The second-order valence-electron chi connectivity index (χ2n) is 6.95. The van der Waals surface area contributed by atoms with Crippen LogP contribution in [0.1, 0.15) is 38.3 Å². The van der Waals surface area contributed by atoms with Gasteiger partial charge in [0.15, 0.2) is 5.13 Å². The summed E-state index contributed by atoms with van der Waals surface area (Å²) in [4.78, 5) is 4.65. The molecule has 0 amide bonds. The van der Waals surface area contributed by atoms with Crippen LogP contribution < -0.4 is 5.32 Å². The van der Waals surface area contributed by atoms with Crippen molar-refractivity contribution in [2.75, 3.05) is 5.32 Å². The summed E-state index contributed by atoms with van der Waals surface area (Å²) in [5.41, 5.74) is 3.39. The number of benzene rings is 2. The molecular formula is C22H24N4O3S2. The molecule has 4 rings (SSSR count). The summed E-state index contributed by atoms with van der Waals surface area (Å²) in [5.74, 6) is 0.563. The van der Waals surface area contributed by atoms with Gasteiger partial charge in [-0.1, -0.05) is 62.3 Å². The molecule has 0 aliphatic heterocycles. The SMILES string of the molecule is CCC(CC)C(c1ccc(Nc2nc3ccccc3s2)cc1)n1cccn1.O=S(=O)=O. The first-order valence-corrected chi connectivity index (χ1v) is 11.8. The molecule has 0 saturated heterocycles. The standard InChI is InChI=1S/C22H24N4S.O3S/c1-3-16(4-2)21(26-15-7-14-23-26)17-10-12-18(13-11-17)24-22-25-19-8-5-6-9-20(19)27-22;1-4(2)3/h5-16,21H,3-4H2,1-2H3,(H,24,25);. The summed E-state index contributed by atoms with van der Waals surface area (Å²) >= 11 is 1.68. The molecule has 162 valence electrons. The third-order valence-corrected chi connectivity index (χ3v) is 6.05. The van der Waals surface area contributed by atoms with Gasteiger partial charge in [-0.15, -0.1) is 12.6 Å². The van der Waals surface area contributed by atoms with Gasteiger partial charge in [0, 0.05) is 18.1 Å². The van der Waals surface area contributed by atoms with Gasteiger partial charge < -0.3 is 5.32 Å². The fourth-order valence-electron chi connectivity index (χ4n) is 3.63. The molecule has 0 bridgehead atoms. The highest BCUT2D eigenvalue weighted by Crippen LogP contribution is 2.33. The first-order chi connectivity index (χ1) is 15.0. The fraction of sp³-hybridized carbons (Fsp3) is 0.273. The third-order valence-electron chi connectivity index (χ3n) is 5.10. The van der Waals surface area contributed by atoms with Gasteiger partial charge in [-0.2, -0.15) is 5.10 Å². The zero-order valence-electron chi connectivity index (χ0n) is 17.3. The number of hydrogen-bond acceptors (Lipinski definition) is 7. The van der Waals surface area contributed by atoms with E-state index in [1.165, 1.54) is 10.3 Å². The molecule has 0 radical (unpaired) electrons. The van der Waals surface area contributed by atoms with Crippen molar-refractivity contribution in [2.24, 2.45) is 5.92 Å². The van der Waals surface area contributed by atoms with E-state index in [1.807, 2.05) is 30.5 Å². The minimum absolute atomic E-state index is 0.270. The van der Waals surface area contributed by atoms with E-state index in [-0.39, 0.29) is 6.04 Å². The smallest absolute Gasteiger partial charge is 0.332 e. The first kappa shape index (κ1) is 22.6. The highest BCUT2D eigenvalue weighted by molar-refractivity contribution is 7.59. The van der Waals surface area contributed by atoms with Crippen molar-refractivity contribution in [3.05, 3.63) is 72.6 Å². The van der Waals surface area contributed by atoms with E-state index in [2.05, 4.69) is 70.5 Å². The molecule has 0 saturated carbocycles. The van der Waals surface area contributed by atoms with E-state index in [0.29, 0.717) is 5.92 Å². The van der Waals surface area contributed by atoms with Crippen molar-refractivity contribution in [1.82, 2.24) is 14.8 Å². The summed E-state index contributed by atoms with van der Waals surface area (Å²) < 4.78 is 28.6. The van der Waals surface area contributed by atoms with Crippen LogP contribution in [0.15, 0.2) is 67.0 Å². The molecular weight excluding hydrogens is 432 g/mol. The summed E-state index contributed by atoms with van der Waals surface area (Å²) in [6.07, 6.45) is 6.19. The molecule has 0 aliphatic rings. The van der Waals surface area contributed by atoms with Crippen LogP contribution in [-0.2, 0) is 10.6 Å². The maximum Gasteiger partial charge on any atom is 0.425 e. The predicted molar refractivity (Wildman–Crippen MR) is 123 cm³/mol. The summed E-state index contributed by atoms with van der Waals surface area (Å²) in [5, 5.41) is 8.88. The lowest BCUT2D eigenvalue weighted by atomic mass is 9.89. The van der Waals surface area contributed by atoms with Gasteiger partial charge >= 0.3 is 10.6 Å². The molecule has 1 N–H and O–H groups in total. The second kappa shape index (κ2) is 10.8. The van der Waals surface area contributed by atoms with E-state index < -0.39 is 10.6 Å². The Kier molecular flexibility index (Phi) is 7.91. The van der Waals surface area contributed by atoms with Crippen molar-refractivity contribution < 1.29 is 12.6 Å². The number of aromatic nitrogens is 3. The van der Waals surface area contributed by atoms with Crippen LogP contribution in [0, 0.1) is 5.92 Å². The maximum absolute atomic E-state index is 8.44. The summed E-state index contributed by atoms with van der Waals surface area (Å²) in [6, 6.07) is 19.2. The Morgan fingerprint density at radius 3 is 2.26 bits per heavy atom. The number of fused-ring (bicyclic) bond motifs is 1. The van der Waals surface area contributed by atoms with E-state index in [1.54, 1.807) is 11.3 Å². The Morgan fingerprint density at radius 1 is 1.00 bits per heavy atom. The van der Waals surface area contributed by atoms with Crippen molar-refractivity contribution >= 4 is 43.0 Å². The van der Waals surface area contributed by atoms with Crippen molar-refractivity contribution in [2.45, 2.75) is 32.7 Å². The van der Waals surface area contributed by atoms with Crippen LogP contribution in [0.3, 0.4) is 0 Å². The molecule has 2 aromatic heterocycles. The number of thiazole rings is 1. The lowest BCUT2D eigenvalue weighted by Crippen LogP contribution is -2.20. The first-order valence-electron chi connectivity index (χ1n) is 10.00. The monoisotopic (exact) mass is 456 g/mol. The number of hydrogen-bond donors (Lipinski definition) is 1. The van der Waals surface area contributed by atoms with Crippen LogP contribution in [0.25, 0.3) is 10.2 Å². The molecule has 1 unspecified atom stereocenters. The van der Waals surface area contributed by atoms with Crippen LogP contribution in [0.4, 0.5) is 10.8 Å². The number of anilines is 2. The van der Waals surface area contributed by atoms with E-state index in [9.17, 15) is 0 Å². The Bertz CT molecular complexity index is 1160. The van der Waals surface area contributed by atoms with Crippen LogP contribution in [-0.4, -0.2) is 27.4 Å². The molecule has 9 heteroatoms. The molecule has 2 aromatic carbocycles. The predicted octanol–water partition coefficient (Wildman–Crippen LogP) is 5.26. The molecule has 1 atom stereocenters. The van der Waals surface area contributed by atoms with Gasteiger partial charge in [-0.05, 0) is 41.8 Å². The molecule has 4 aromatic rings. The molecule has 0 fully saturated rings. The van der Waals surface area contributed by atoms with Gasteiger partial charge in [-0.3, -0.25) is 4.68 Å². The Morgan fingerprint density at radius 2 is 1.68 bits per heavy atom. The average Bonchev–Trinajstić information content (AvgIpc) is 3.42. The number of rotatable bonds is 7. The van der Waals surface area contributed by atoms with Gasteiger partial charge in [-0.25, -0.2) is 4.98 Å². The quantitative estimate of drug-likeness (QED) is 0.408.